The topological polar surface area (TPSA) is 69.6 Å². The van der Waals surface area contributed by atoms with Crippen LogP contribution < -0.4 is 5.32 Å². The zero-order valence-electron chi connectivity index (χ0n) is 16.9. The van der Waals surface area contributed by atoms with Crippen molar-refractivity contribution >= 4 is 35.1 Å². The lowest BCUT2D eigenvalue weighted by atomic mass is 9.81. The first kappa shape index (κ1) is 21.6. The second kappa shape index (κ2) is 8.33. The predicted molar refractivity (Wildman–Crippen MR) is 116 cm³/mol. The number of carbonyl (C=O) groups is 2. The molecule has 0 radical (unpaired) electrons. The van der Waals surface area contributed by atoms with E-state index in [1.807, 2.05) is 32.0 Å². The van der Waals surface area contributed by atoms with E-state index < -0.39 is 11.4 Å². The summed E-state index contributed by atoms with van der Waals surface area (Å²) in [5.74, 6) is -0.578. The van der Waals surface area contributed by atoms with Crippen LogP contribution in [0, 0.1) is 11.3 Å². The second-order valence-corrected chi connectivity index (χ2v) is 8.45. The van der Waals surface area contributed by atoms with E-state index in [0.29, 0.717) is 13.1 Å². The molecule has 2 aromatic carbocycles. The van der Waals surface area contributed by atoms with Crippen LogP contribution in [0.2, 0.25) is 0 Å². The van der Waals surface area contributed by atoms with E-state index in [0.717, 1.165) is 35.6 Å². The van der Waals surface area contributed by atoms with Crippen molar-refractivity contribution in [1.82, 2.24) is 10.2 Å². The quantitative estimate of drug-likeness (QED) is 0.772. The van der Waals surface area contributed by atoms with Gasteiger partial charge in [0.15, 0.2) is 0 Å². The van der Waals surface area contributed by atoms with Gasteiger partial charge in [0.05, 0.1) is 17.5 Å². The molecule has 0 aromatic heterocycles. The standard InChI is InChI=1S/C23H28N2O3.ClH/c1-15(19-11-5-8-17-7-3-4-10-20(17)19)24-21(26)16(2)25-13-18-9-6-12-23(18,14-25)22(27)28;/h3-5,7-8,10-11,15-16,18H,6,9,12-14H2,1-2H3,(H,24,26)(H,27,28);1H/t15?,16?,18-,23+;/m0./s1. The molecule has 6 heteroatoms. The van der Waals surface area contributed by atoms with Crippen molar-refractivity contribution in [2.24, 2.45) is 11.3 Å². The third-order valence-electron chi connectivity index (χ3n) is 6.90. The van der Waals surface area contributed by atoms with Crippen LogP contribution in [0.3, 0.4) is 0 Å². The first-order valence-electron chi connectivity index (χ1n) is 10.2. The van der Waals surface area contributed by atoms with E-state index >= 15 is 0 Å². The van der Waals surface area contributed by atoms with E-state index in [4.69, 9.17) is 0 Å². The summed E-state index contributed by atoms with van der Waals surface area (Å²) in [6, 6.07) is 13.9. The number of hydrogen-bond donors (Lipinski definition) is 2. The molecular weight excluding hydrogens is 388 g/mol. The molecule has 2 N–H and O–H groups in total. The maximum absolute atomic E-state index is 12.9. The Labute approximate surface area is 177 Å². The number of rotatable bonds is 5. The molecule has 2 aliphatic rings. The van der Waals surface area contributed by atoms with Gasteiger partial charge in [-0.1, -0.05) is 48.9 Å². The minimum absolute atomic E-state index is 0. The number of carboxylic acids is 1. The molecule has 2 fully saturated rings. The number of nitrogens with one attached hydrogen (secondary N) is 1. The van der Waals surface area contributed by atoms with Crippen molar-refractivity contribution in [3.8, 4) is 0 Å². The summed E-state index contributed by atoms with van der Waals surface area (Å²) < 4.78 is 0. The summed E-state index contributed by atoms with van der Waals surface area (Å²) >= 11 is 0. The summed E-state index contributed by atoms with van der Waals surface area (Å²) in [7, 11) is 0. The average molecular weight is 417 g/mol. The molecule has 1 amide bonds. The van der Waals surface area contributed by atoms with E-state index in [1.54, 1.807) is 0 Å². The van der Waals surface area contributed by atoms with Gasteiger partial charge >= 0.3 is 5.97 Å². The molecule has 1 saturated carbocycles. The Morgan fingerprint density at radius 2 is 1.90 bits per heavy atom. The number of likely N-dealkylation sites (tertiary alicyclic amines) is 1. The molecule has 4 atom stereocenters. The average Bonchev–Trinajstić information content (AvgIpc) is 3.25. The number of nitrogens with zero attached hydrogens (tertiary/aromatic N) is 1. The summed E-state index contributed by atoms with van der Waals surface area (Å²) in [4.78, 5) is 26.9. The second-order valence-electron chi connectivity index (χ2n) is 8.45. The van der Waals surface area contributed by atoms with Crippen LogP contribution >= 0.6 is 12.4 Å². The number of halogens is 1. The van der Waals surface area contributed by atoms with E-state index in [9.17, 15) is 14.7 Å². The van der Waals surface area contributed by atoms with Gasteiger partial charge in [-0.25, -0.2) is 0 Å². The summed E-state index contributed by atoms with van der Waals surface area (Å²) in [5, 5.41) is 15.2. The third-order valence-corrected chi connectivity index (χ3v) is 6.90. The number of hydrogen-bond acceptors (Lipinski definition) is 3. The van der Waals surface area contributed by atoms with Crippen LogP contribution in [0.15, 0.2) is 42.5 Å². The van der Waals surface area contributed by atoms with Gasteiger partial charge in [-0.3, -0.25) is 14.5 Å². The highest BCUT2D eigenvalue weighted by molar-refractivity contribution is 5.87. The zero-order valence-corrected chi connectivity index (χ0v) is 17.7. The molecule has 1 aliphatic carbocycles. The van der Waals surface area contributed by atoms with Gasteiger partial charge in [0.1, 0.15) is 0 Å². The lowest BCUT2D eigenvalue weighted by molar-refractivity contribution is -0.149. The van der Waals surface area contributed by atoms with Gasteiger partial charge in [-0.2, -0.15) is 0 Å². The highest BCUT2D eigenvalue weighted by Crippen LogP contribution is 2.49. The summed E-state index contributed by atoms with van der Waals surface area (Å²) in [6.07, 6.45) is 2.65. The molecule has 0 bridgehead atoms. The van der Waals surface area contributed by atoms with Crippen molar-refractivity contribution < 1.29 is 14.7 Å². The zero-order chi connectivity index (χ0) is 19.9. The normalized spacial score (nSPS) is 25.8. The van der Waals surface area contributed by atoms with Gasteiger partial charge in [0, 0.05) is 13.1 Å². The van der Waals surface area contributed by atoms with Crippen LogP contribution in [0.1, 0.15) is 44.7 Å². The molecule has 4 rings (SSSR count). The summed E-state index contributed by atoms with van der Waals surface area (Å²) in [5.41, 5.74) is 0.439. The largest absolute Gasteiger partial charge is 0.481 e. The van der Waals surface area contributed by atoms with E-state index in [-0.39, 0.29) is 36.3 Å². The predicted octanol–water partition coefficient (Wildman–Crippen LogP) is 4.01. The first-order chi connectivity index (χ1) is 13.4. The van der Waals surface area contributed by atoms with Crippen LogP contribution in [-0.2, 0) is 9.59 Å². The van der Waals surface area contributed by atoms with Gasteiger partial charge in [-0.15, -0.1) is 12.4 Å². The maximum atomic E-state index is 12.9. The maximum Gasteiger partial charge on any atom is 0.311 e. The fraction of sp³-hybridized carbons (Fsp3) is 0.478. The van der Waals surface area contributed by atoms with Crippen molar-refractivity contribution in [2.75, 3.05) is 13.1 Å². The van der Waals surface area contributed by atoms with Crippen molar-refractivity contribution in [3.63, 3.8) is 0 Å². The third kappa shape index (κ3) is 3.74. The number of aliphatic carboxylic acids is 1. The summed E-state index contributed by atoms with van der Waals surface area (Å²) in [6.45, 7) is 5.07. The molecule has 1 aliphatic heterocycles. The van der Waals surface area contributed by atoms with E-state index in [2.05, 4.69) is 34.5 Å². The molecule has 0 spiro atoms. The molecule has 2 aromatic rings. The van der Waals surface area contributed by atoms with Crippen molar-refractivity contribution in [2.45, 2.75) is 45.2 Å². The Kier molecular flexibility index (Phi) is 6.20. The van der Waals surface area contributed by atoms with Crippen LogP contribution in [-0.4, -0.2) is 41.0 Å². The lowest BCUT2D eigenvalue weighted by Crippen LogP contribution is -2.46. The molecule has 2 unspecified atom stereocenters. The first-order valence-corrected chi connectivity index (χ1v) is 10.2. The Bertz CT molecular complexity index is 913. The molecule has 1 heterocycles. The Balaban J connectivity index is 0.00000240. The SMILES string of the molecule is CC(NC(=O)C(C)N1C[C@@H]2CCC[C@@]2(C(=O)O)C1)c1cccc2ccccc12.Cl. The Morgan fingerprint density at radius 3 is 2.62 bits per heavy atom. The van der Waals surface area contributed by atoms with Gasteiger partial charge in [-0.05, 0) is 48.9 Å². The number of fused-ring (bicyclic) bond motifs is 2. The fourth-order valence-electron chi connectivity index (χ4n) is 5.18. The van der Waals surface area contributed by atoms with Gasteiger partial charge in [0.25, 0.3) is 0 Å². The Morgan fingerprint density at radius 1 is 1.17 bits per heavy atom. The molecule has 29 heavy (non-hydrogen) atoms. The van der Waals surface area contributed by atoms with E-state index in [1.165, 1.54) is 0 Å². The lowest BCUT2D eigenvalue weighted by Gasteiger charge is -2.28. The molecule has 156 valence electrons. The molecular formula is C23H29ClN2O3. The number of amides is 1. The molecule has 5 nitrogen and oxygen atoms in total. The van der Waals surface area contributed by atoms with Crippen LogP contribution in [0.4, 0.5) is 0 Å². The fourth-order valence-corrected chi connectivity index (χ4v) is 5.18. The number of carboxylic acid groups (broad SMARTS) is 1. The Hall–Kier alpha value is -2.11. The van der Waals surface area contributed by atoms with Crippen molar-refractivity contribution in [3.05, 3.63) is 48.0 Å². The van der Waals surface area contributed by atoms with Crippen LogP contribution in [0.5, 0.6) is 0 Å². The van der Waals surface area contributed by atoms with Gasteiger partial charge < -0.3 is 10.4 Å². The van der Waals surface area contributed by atoms with Crippen LogP contribution in [0.25, 0.3) is 10.8 Å². The minimum Gasteiger partial charge on any atom is -0.481 e. The highest BCUT2D eigenvalue weighted by Gasteiger charge is 2.55. The number of benzene rings is 2. The van der Waals surface area contributed by atoms with Gasteiger partial charge in [0.2, 0.25) is 5.91 Å². The molecule has 1 saturated heterocycles. The minimum atomic E-state index is -0.700. The smallest absolute Gasteiger partial charge is 0.311 e. The highest BCUT2D eigenvalue weighted by atomic mass is 35.5. The van der Waals surface area contributed by atoms with Crippen molar-refractivity contribution in [1.29, 1.82) is 0 Å². The number of carbonyl (C=O) groups excluding carboxylic acids is 1. The monoisotopic (exact) mass is 416 g/mol.